The van der Waals surface area contributed by atoms with E-state index in [-0.39, 0.29) is 0 Å². The summed E-state index contributed by atoms with van der Waals surface area (Å²) in [5.41, 5.74) is 0. The van der Waals surface area contributed by atoms with E-state index in [1.54, 1.807) is 12.1 Å². The second-order valence-corrected chi connectivity index (χ2v) is 8.34. The van der Waals surface area contributed by atoms with Crippen molar-refractivity contribution in [1.82, 2.24) is 4.72 Å². The molecule has 15 heavy (non-hydrogen) atoms. The summed E-state index contributed by atoms with van der Waals surface area (Å²) >= 11 is 4.49. The Kier molecular flexibility index (Phi) is 3.21. The lowest BCUT2D eigenvalue weighted by molar-refractivity contribution is 0.576. The average Bonchev–Trinajstić information content (AvgIpc) is 2.66. The van der Waals surface area contributed by atoms with Crippen molar-refractivity contribution in [3.63, 3.8) is 0 Å². The molecule has 84 valence electrons. The summed E-state index contributed by atoms with van der Waals surface area (Å²) in [6, 6.07) is 3.37. The molecule has 0 aromatic carbocycles. The first-order valence-electron chi connectivity index (χ1n) is 4.74. The van der Waals surface area contributed by atoms with Crippen LogP contribution in [0.15, 0.2) is 20.1 Å². The first kappa shape index (κ1) is 11.6. The first-order valence-corrected chi connectivity index (χ1v) is 7.83. The molecule has 0 aliphatic heterocycles. The van der Waals surface area contributed by atoms with Crippen LogP contribution >= 0.6 is 27.3 Å². The quantitative estimate of drug-likeness (QED) is 0.928. The molecule has 1 aliphatic rings. The van der Waals surface area contributed by atoms with E-state index in [1.165, 1.54) is 11.3 Å². The smallest absolute Gasteiger partial charge is 0.210 e. The molecule has 1 fully saturated rings. The van der Waals surface area contributed by atoms with Crippen molar-refractivity contribution >= 4 is 37.3 Å². The van der Waals surface area contributed by atoms with Gasteiger partial charge in [0, 0.05) is 6.54 Å². The molecule has 2 atom stereocenters. The van der Waals surface area contributed by atoms with Crippen LogP contribution in [-0.2, 0) is 10.0 Å². The molecule has 6 heteroatoms. The van der Waals surface area contributed by atoms with Gasteiger partial charge in [-0.3, -0.25) is 0 Å². The molecule has 2 rings (SSSR count). The van der Waals surface area contributed by atoms with Crippen LogP contribution in [0.5, 0.6) is 0 Å². The molecule has 0 bridgehead atoms. The first-order chi connectivity index (χ1) is 6.99. The minimum absolute atomic E-state index is 0.377. The minimum atomic E-state index is -3.28. The summed E-state index contributed by atoms with van der Waals surface area (Å²) < 4.78 is 27.4. The predicted octanol–water partition coefficient (Wildman–Crippen LogP) is 2.44. The SMILES string of the molecule is CC1CC1CNS(=O)(=O)c1ccc(Br)s1. The Bertz CT molecular complexity index is 454. The van der Waals surface area contributed by atoms with Crippen molar-refractivity contribution < 1.29 is 8.42 Å². The van der Waals surface area contributed by atoms with Gasteiger partial charge in [0.15, 0.2) is 0 Å². The second-order valence-electron chi connectivity index (χ2n) is 3.88. The summed E-state index contributed by atoms with van der Waals surface area (Å²) in [5, 5.41) is 0. The van der Waals surface area contributed by atoms with Crippen LogP contribution in [0.3, 0.4) is 0 Å². The van der Waals surface area contributed by atoms with E-state index in [9.17, 15) is 8.42 Å². The molecule has 1 aromatic heterocycles. The lowest BCUT2D eigenvalue weighted by Gasteiger charge is -2.02. The number of rotatable bonds is 4. The van der Waals surface area contributed by atoms with Crippen molar-refractivity contribution in [2.24, 2.45) is 11.8 Å². The minimum Gasteiger partial charge on any atom is -0.210 e. The normalized spacial score (nSPS) is 25.5. The third-order valence-electron chi connectivity index (χ3n) is 2.63. The van der Waals surface area contributed by atoms with Crippen molar-refractivity contribution in [2.75, 3.05) is 6.54 Å². The Balaban J connectivity index is 2.00. The van der Waals surface area contributed by atoms with E-state index in [4.69, 9.17) is 0 Å². The van der Waals surface area contributed by atoms with Gasteiger partial charge in [0.25, 0.3) is 0 Å². The highest BCUT2D eigenvalue weighted by molar-refractivity contribution is 9.11. The predicted molar refractivity (Wildman–Crippen MR) is 64.5 cm³/mol. The van der Waals surface area contributed by atoms with Crippen LogP contribution < -0.4 is 4.72 Å². The van der Waals surface area contributed by atoms with Gasteiger partial charge in [0.05, 0.1) is 3.79 Å². The van der Waals surface area contributed by atoms with Crippen molar-refractivity contribution in [3.05, 3.63) is 15.9 Å². The van der Waals surface area contributed by atoms with Gasteiger partial charge in [0.1, 0.15) is 4.21 Å². The number of hydrogen-bond donors (Lipinski definition) is 1. The molecule has 1 N–H and O–H groups in total. The van der Waals surface area contributed by atoms with Gasteiger partial charge in [0.2, 0.25) is 10.0 Å². The Labute approximate surface area is 102 Å². The lowest BCUT2D eigenvalue weighted by Crippen LogP contribution is -2.25. The van der Waals surface area contributed by atoms with Gasteiger partial charge < -0.3 is 0 Å². The summed E-state index contributed by atoms with van der Waals surface area (Å²) in [5.74, 6) is 1.20. The van der Waals surface area contributed by atoms with E-state index < -0.39 is 10.0 Å². The van der Waals surface area contributed by atoms with Crippen LogP contribution in [0.2, 0.25) is 0 Å². The fraction of sp³-hybridized carbons (Fsp3) is 0.556. The van der Waals surface area contributed by atoms with Crippen LogP contribution in [0.25, 0.3) is 0 Å². The van der Waals surface area contributed by atoms with Gasteiger partial charge in [-0.25, -0.2) is 13.1 Å². The Morgan fingerprint density at radius 2 is 2.27 bits per heavy atom. The van der Waals surface area contributed by atoms with Gasteiger partial charge in [-0.15, -0.1) is 11.3 Å². The Morgan fingerprint density at radius 1 is 1.60 bits per heavy atom. The number of halogens is 1. The molecular formula is C9H12BrNO2S2. The molecule has 0 amide bonds. The van der Waals surface area contributed by atoms with E-state index in [2.05, 4.69) is 27.6 Å². The van der Waals surface area contributed by atoms with Crippen molar-refractivity contribution in [2.45, 2.75) is 17.6 Å². The highest BCUT2D eigenvalue weighted by Crippen LogP contribution is 2.37. The molecule has 1 aliphatic carbocycles. The Hall–Kier alpha value is 0.0900. The molecule has 3 nitrogen and oxygen atoms in total. The maximum absolute atomic E-state index is 11.8. The van der Waals surface area contributed by atoms with E-state index in [0.29, 0.717) is 22.6 Å². The van der Waals surface area contributed by atoms with Gasteiger partial charge >= 0.3 is 0 Å². The maximum Gasteiger partial charge on any atom is 0.250 e. The molecule has 0 spiro atoms. The lowest BCUT2D eigenvalue weighted by atomic mass is 10.3. The molecule has 1 saturated carbocycles. The van der Waals surface area contributed by atoms with Gasteiger partial charge in [-0.1, -0.05) is 6.92 Å². The third-order valence-corrected chi connectivity index (χ3v) is 6.16. The van der Waals surface area contributed by atoms with Crippen LogP contribution in [0.4, 0.5) is 0 Å². The fourth-order valence-corrected chi connectivity index (χ4v) is 4.56. The highest BCUT2D eigenvalue weighted by atomic mass is 79.9. The number of nitrogens with one attached hydrogen (secondary N) is 1. The van der Waals surface area contributed by atoms with E-state index >= 15 is 0 Å². The van der Waals surface area contributed by atoms with Crippen LogP contribution in [0.1, 0.15) is 13.3 Å². The van der Waals surface area contributed by atoms with Crippen LogP contribution in [-0.4, -0.2) is 15.0 Å². The summed E-state index contributed by atoms with van der Waals surface area (Å²) in [7, 11) is -3.28. The van der Waals surface area contributed by atoms with Gasteiger partial charge in [-0.05, 0) is 46.3 Å². The Morgan fingerprint density at radius 3 is 2.73 bits per heavy atom. The topological polar surface area (TPSA) is 46.2 Å². The number of thiophene rings is 1. The highest BCUT2D eigenvalue weighted by Gasteiger charge is 2.33. The van der Waals surface area contributed by atoms with Crippen LogP contribution in [0, 0.1) is 11.8 Å². The number of sulfonamides is 1. The standard InChI is InChI=1S/C9H12BrNO2S2/c1-6-4-7(6)5-11-15(12,13)9-3-2-8(10)14-9/h2-3,6-7,11H,4-5H2,1H3. The monoisotopic (exact) mass is 309 g/mol. The van der Waals surface area contributed by atoms with E-state index in [1.807, 2.05) is 0 Å². The zero-order valence-corrected chi connectivity index (χ0v) is 11.5. The zero-order chi connectivity index (χ0) is 11.1. The van der Waals surface area contributed by atoms with E-state index in [0.717, 1.165) is 10.2 Å². The summed E-state index contributed by atoms with van der Waals surface area (Å²) in [4.78, 5) is 0. The average molecular weight is 310 g/mol. The summed E-state index contributed by atoms with van der Waals surface area (Å²) in [6.07, 6.45) is 1.14. The summed E-state index contributed by atoms with van der Waals surface area (Å²) in [6.45, 7) is 2.71. The number of hydrogen-bond acceptors (Lipinski definition) is 3. The third kappa shape index (κ3) is 2.81. The zero-order valence-electron chi connectivity index (χ0n) is 8.23. The molecule has 0 radical (unpaired) electrons. The molecule has 1 heterocycles. The second kappa shape index (κ2) is 4.16. The largest absolute Gasteiger partial charge is 0.250 e. The fourth-order valence-electron chi connectivity index (χ4n) is 1.41. The maximum atomic E-state index is 11.8. The van der Waals surface area contributed by atoms with Crippen molar-refractivity contribution in [1.29, 1.82) is 0 Å². The van der Waals surface area contributed by atoms with Crippen molar-refractivity contribution in [3.8, 4) is 0 Å². The van der Waals surface area contributed by atoms with Gasteiger partial charge in [-0.2, -0.15) is 0 Å². The molecule has 2 unspecified atom stereocenters. The molecule has 0 saturated heterocycles. The molecule has 1 aromatic rings. The molecular weight excluding hydrogens is 298 g/mol.